The summed E-state index contributed by atoms with van der Waals surface area (Å²) in [7, 11) is 1.64. The average molecular weight is 344 g/mol. The van der Waals surface area contributed by atoms with Crippen molar-refractivity contribution in [1.82, 2.24) is 0 Å². The highest BCUT2D eigenvalue weighted by atomic mass is 16.5. The van der Waals surface area contributed by atoms with Crippen molar-refractivity contribution in [2.75, 3.05) is 7.11 Å². The lowest BCUT2D eigenvalue weighted by Gasteiger charge is -2.07. The van der Waals surface area contributed by atoms with E-state index < -0.39 is 0 Å². The maximum absolute atomic E-state index is 10.4. The van der Waals surface area contributed by atoms with Gasteiger partial charge in [0.25, 0.3) is 0 Å². The molecule has 0 fully saturated rings. The summed E-state index contributed by atoms with van der Waals surface area (Å²) in [5.74, 6) is 1.26. The summed E-state index contributed by atoms with van der Waals surface area (Å²) in [5, 5.41) is 0. The van der Waals surface area contributed by atoms with E-state index in [0.717, 1.165) is 37.6 Å². The third kappa shape index (κ3) is 11.1. The molecule has 1 aromatic rings. The molecule has 1 rings (SSSR count). The van der Waals surface area contributed by atoms with Crippen molar-refractivity contribution in [3.05, 3.63) is 53.6 Å². The Bertz CT molecular complexity index is 551. The first-order chi connectivity index (χ1) is 11.8. The summed E-state index contributed by atoms with van der Waals surface area (Å²) in [6.45, 7) is 11.8. The third-order valence-electron chi connectivity index (χ3n) is 3.89. The molecule has 2 unspecified atom stereocenters. The van der Waals surface area contributed by atoms with Gasteiger partial charge in [0.05, 0.1) is 7.11 Å². The van der Waals surface area contributed by atoms with Gasteiger partial charge in [-0.15, -0.1) is 0 Å². The number of allylic oxidation sites excluding steroid dienone is 3. The molecule has 0 N–H and O–H groups in total. The smallest absolute Gasteiger partial charge is 0.145 e. The monoisotopic (exact) mass is 344 g/mol. The molecule has 0 aliphatic carbocycles. The van der Waals surface area contributed by atoms with Gasteiger partial charge < -0.3 is 9.53 Å². The number of methoxy groups -OCH3 is 1. The van der Waals surface area contributed by atoms with Gasteiger partial charge in [-0.05, 0) is 62.3 Å². The van der Waals surface area contributed by atoms with Gasteiger partial charge in [0.1, 0.15) is 18.3 Å². The molecule has 1 aromatic carbocycles. The van der Waals surface area contributed by atoms with E-state index in [4.69, 9.17) is 4.74 Å². The fraction of sp³-hybridized carbons (Fsp3) is 0.455. The molecule has 0 saturated heterocycles. The van der Waals surface area contributed by atoms with Gasteiger partial charge in [-0.25, -0.2) is 0 Å². The van der Waals surface area contributed by atoms with E-state index in [1.165, 1.54) is 11.1 Å². The lowest BCUT2D eigenvalue weighted by atomic mass is 9.98. The molecule has 3 heteroatoms. The minimum absolute atomic E-state index is 0.0911. The molecule has 25 heavy (non-hydrogen) atoms. The Labute approximate surface area is 152 Å². The van der Waals surface area contributed by atoms with Crippen molar-refractivity contribution in [3.63, 3.8) is 0 Å². The van der Waals surface area contributed by atoms with Crippen LogP contribution < -0.4 is 4.74 Å². The molecular weight excluding hydrogens is 312 g/mol. The normalized spacial score (nSPS) is 12.0. The zero-order valence-corrected chi connectivity index (χ0v) is 16.2. The molecule has 3 nitrogen and oxygen atoms in total. The Morgan fingerprint density at radius 1 is 1.16 bits per heavy atom. The first-order valence-electron chi connectivity index (χ1n) is 8.69. The Morgan fingerprint density at radius 3 is 2.20 bits per heavy atom. The minimum Gasteiger partial charge on any atom is -0.497 e. The first-order valence-corrected chi connectivity index (χ1v) is 8.69. The molecule has 0 bridgehead atoms. The molecular formula is C22H32O3. The van der Waals surface area contributed by atoms with Crippen LogP contribution in [0.15, 0.2) is 48.1 Å². The van der Waals surface area contributed by atoms with Crippen LogP contribution in [0.3, 0.4) is 0 Å². The number of carbonyl (C=O) groups excluding carboxylic acids is 2. The summed E-state index contributed by atoms with van der Waals surface area (Å²) in [4.78, 5) is 20.7. The van der Waals surface area contributed by atoms with Gasteiger partial charge in [0.2, 0.25) is 0 Å². The predicted molar refractivity (Wildman–Crippen MR) is 105 cm³/mol. The van der Waals surface area contributed by atoms with Gasteiger partial charge in [-0.2, -0.15) is 0 Å². The first kappa shape index (κ1) is 22.8. The van der Waals surface area contributed by atoms with E-state index in [1.54, 1.807) is 7.11 Å². The van der Waals surface area contributed by atoms with Crippen LogP contribution in [0.25, 0.3) is 0 Å². The lowest BCUT2D eigenvalue weighted by Crippen LogP contribution is -2.00. The third-order valence-corrected chi connectivity index (χ3v) is 3.89. The highest BCUT2D eigenvalue weighted by Gasteiger charge is 2.03. The van der Waals surface area contributed by atoms with E-state index in [9.17, 15) is 9.59 Å². The molecule has 0 radical (unpaired) electrons. The Morgan fingerprint density at radius 2 is 1.76 bits per heavy atom. The van der Waals surface area contributed by atoms with Gasteiger partial charge >= 0.3 is 0 Å². The minimum atomic E-state index is 0.0911. The van der Waals surface area contributed by atoms with Crippen LogP contribution in [0, 0.1) is 11.8 Å². The van der Waals surface area contributed by atoms with E-state index in [-0.39, 0.29) is 5.92 Å². The van der Waals surface area contributed by atoms with Crippen LogP contribution in [-0.4, -0.2) is 19.7 Å². The Hall–Kier alpha value is -2.16. The van der Waals surface area contributed by atoms with Crippen molar-refractivity contribution < 1.29 is 14.3 Å². The van der Waals surface area contributed by atoms with Crippen LogP contribution in [0.2, 0.25) is 0 Å². The summed E-state index contributed by atoms with van der Waals surface area (Å²) >= 11 is 0. The molecule has 138 valence electrons. The Kier molecular flexibility index (Phi) is 12.0. The van der Waals surface area contributed by atoms with E-state index >= 15 is 0 Å². The summed E-state index contributed by atoms with van der Waals surface area (Å²) in [6, 6.07) is 7.79. The Balaban J connectivity index is 0.000000463. The number of aldehydes is 2. The zero-order chi connectivity index (χ0) is 19.2. The molecule has 0 aliphatic heterocycles. The maximum Gasteiger partial charge on any atom is 0.145 e. The number of ether oxygens (including phenoxy) is 1. The maximum atomic E-state index is 10.4. The molecule has 2 atom stereocenters. The van der Waals surface area contributed by atoms with Gasteiger partial charge in [-0.1, -0.05) is 44.2 Å². The quantitative estimate of drug-likeness (QED) is 0.351. The van der Waals surface area contributed by atoms with Crippen LogP contribution in [-0.2, 0) is 16.0 Å². The van der Waals surface area contributed by atoms with Crippen molar-refractivity contribution in [2.45, 2.75) is 47.0 Å². The second-order valence-corrected chi connectivity index (χ2v) is 6.62. The van der Waals surface area contributed by atoms with Crippen molar-refractivity contribution in [3.8, 4) is 5.75 Å². The van der Waals surface area contributed by atoms with Gasteiger partial charge in [0.15, 0.2) is 0 Å². The highest BCUT2D eigenvalue weighted by molar-refractivity contribution is 5.72. The molecule has 0 saturated carbocycles. The highest BCUT2D eigenvalue weighted by Crippen LogP contribution is 2.14. The summed E-state index contributed by atoms with van der Waals surface area (Å²) < 4.78 is 5.03. The van der Waals surface area contributed by atoms with Crippen molar-refractivity contribution in [2.24, 2.45) is 11.8 Å². The van der Waals surface area contributed by atoms with E-state index in [1.807, 2.05) is 38.1 Å². The van der Waals surface area contributed by atoms with Crippen LogP contribution in [0.4, 0.5) is 0 Å². The average Bonchev–Trinajstić information content (AvgIpc) is 2.61. The number of hydrogen-bond donors (Lipinski definition) is 0. The van der Waals surface area contributed by atoms with Crippen molar-refractivity contribution in [1.29, 1.82) is 0 Å². The molecule has 0 amide bonds. The largest absolute Gasteiger partial charge is 0.497 e. The molecule has 0 aromatic heterocycles. The second kappa shape index (κ2) is 13.2. The fourth-order valence-corrected chi connectivity index (χ4v) is 2.11. The van der Waals surface area contributed by atoms with Crippen LogP contribution in [0.5, 0.6) is 5.75 Å². The molecule has 0 aliphatic rings. The lowest BCUT2D eigenvalue weighted by molar-refractivity contribution is -0.110. The number of hydrogen-bond acceptors (Lipinski definition) is 3. The summed E-state index contributed by atoms with van der Waals surface area (Å²) in [5.41, 5.74) is 3.21. The molecule has 0 spiro atoms. The topological polar surface area (TPSA) is 43.4 Å². The molecule has 0 heterocycles. The van der Waals surface area contributed by atoms with Gasteiger partial charge in [-0.3, -0.25) is 4.79 Å². The fourth-order valence-electron chi connectivity index (χ4n) is 2.11. The van der Waals surface area contributed by atoms with Crippen LogP contribution in [0.1, 0.15) is 46.1 Å². The predicted octanol–water partition coefficient (Wildman–Crippen LogP) is 5.20. The number of rotatable bonds is 9. The second-order valence-electron chi connectivity index (χ2n) is 6.62. The van der Waals surface area contributed by atoms with Crippen LogP contribution >= 0.6 is 0 Å². The zero-order valence-electron chi connectivity index (χ0n) is 16.2. The van der Waals surface area contributed by atoms with E-state index in [0.29, 0.717) is 11.5 Å². The summed E-state index contributed by atoms with van der Waals surface area (Å²) in [6.07, 6.45) is 6.87. The van der Waals surface area contributed by atoms with E-state index in [2.05, 4.69) is 26.5 Å². The van der Waals surface area contributed by atoms with Crippen molar-refractivity contribution >= 4 is 12.6 Å². The SMILES string of the molecule is C=C(C=O)C(C)CCC=C(C)C.COc1ccc(CC(C)C=O)cc1. The van der Waals surface area contributed by atoms with Gasteiger partial charge in [0, 0.05) is 5.92 Å². The number of benzene rings is 1. The number of carbonyl (C=O) groups is 2. The standard InChI is InChI=1S/C11H14O2.C11H18O/c1-9(8-12)7-10-3-5-11(13-2)6-4-10;1-9(2)6-5-7-10(3)11(4)8-12/h3-6,8-9H,7H2,1-2H3;6,8,10H,4-5,7H2,1-3H3.